The summed E-state index contributed by atoms with van der Waals surface area (Å²) < 4.78 is 50.8. The van der Waals surface area contributed by atoms with E-state index in [-0.39, 0.29) is 12.4 Å². The molecule has 0 spiro atoms. The minimum Gasteiger partial charge on any atom is -0.494 e. The highest BCUT2D eigenvalue weighted by molar-refractivity contribution is 5.57. The molecule has 1 aromatic heterocycles. The van der Waals surface area contributed by atoms with Crippen LogP contribution >= 0.6 is 0 Å². The van der Waals surface area contributed by atoms with Gasteiger partial charge in [0, 0.05) is 11.8 Å². The Labute approximate surface area is 161 Å². The summed E-state index contributed by atoms with van der Waals surface area (Å²) >= 11 is 0. The SMILES string of the molecule is CCCOc1ccc(-c2ncc(C(F)(F)F)c(OCc3ccccc3)n2)cc1. The van der Waals surface area contributed by atoms with E-state index < -0.39 is 17.6 Å². The second-order valence-electron chi connectivity index (χ2n) is 6.06. The van der Waals surface area contributed by atoms with Crippen LogP contribution in [-0.4, -0.2) is 16.6 Å². The minimum absolute atomic E-state index is 0.0236. The fraction of sp³-hybridized carbons (Fsp3) is 0.238. The second-order valence-corrected chi connectivity index (χ2v) is 6.06. The zero-order valence-electron chi connectivity index (χ0n) is 15.2. The number of nitrogens with zero attached hydrogens (tertiary/aromatic N) is 2. The molecule has 146 valence electrons. The van der Waals surface area contributed by atoms with Gasteiger partial charge in [-0.25, -0.2) is 4.98 Å². The van der Waals surface area contributed by atoms with Gasteiger partial charge in [-0.15, -0.1) is 0 Å². The van der Waals surface area contributed by atoms with Gasteiger partial charge in [0.2, 0.25) is 5.88 Å². The predicted octanol–water partition coefficient (Wildman–Crippen LogP) is 5.53. The van der Waals surface area contributed by atoms with Crippen molar-refractivity contribution in [1.82, 2.24) is 9.97 Å². The number of halogens is 3. The monoisotopic (exact) mass is 388 g/mol. The maximum absolute atomic E-state index is 13.3. The Bertz CT molecular complexity index is 898. The van der Waals surface area contributed by atoms with Gasteiger partial charge in [-0.05, 0) is 36.2 Å². The average Bonchev–Trinajstić information content (AvgIpc) is 2.71. The molecule has 7 heteroatoms. The molecule has 0 unspecified atom stereocenters. The fourth-order valence-electron chi connectivity index (χ4n) is 2.46. The molecule has 3 rings (SSSR count). The quantitative estimate of drug-likeness (QED) is 0.534. The number of aromatic nitrogens is 2. The molecule has 0 bridgehead atoms. The highest BCUT2D eigenvalue weighted by Gasteiger charge is 2.36. The number of hydrogen-bond acceptors (Lipinski definition) is 4. The minimum atomic E-state index is -4.61. The lowest BCUT2D eigenvalue weighted by Gasteiger charge is -2.14. The van der Waals surface area contributed by atoms with Gasteiger partial charge in [0.25, 0.3) is 0 Å². The molecular weight excluding hydrogens is 369 g/mol. The molecule has 4 nitrogen and oxygen atoms in total. The lowest BCUT2D eigenvalue weighted by Crippen LogP contribution is -2.11. The van der Waals surface area contributed by atoms with Crippen LogP contribution in [0.25, 0.3) is 11.4 Å². The zero-order valence-corrected chi connectivity index (χ0v) is 15.2. The first-order valence-corrected chi connectivity index (χ1v) is 8.81. The van der Waals surface area contributed by atoms with Crippen LogP contribution in [0.1, 0.15) is 24.5 Å². The summed E-state index contributed by atoms with van der Waals surface area (Å²) in [7, 11) is 0. The standard InChI is InChI=1S/C21H19F3N2O2/c1-2-12-27-17-10-8-16(9-11-17)19-25-13-18(21(22,23)24)20(26-19)28-14-15-6-4-3-5-7-15/h3-11,13H,2,12,14H2,1H3. The first-order valence-electron chi connectivity index (χ1n) is 8.81. The molecule has 0 radical (unpaired) electrons. The lowest BCUT2D eigenvalue weighted by molar-refractivity contribution is -0.139. The normalized spacial score (nSPS) is 11.3. The summed E-state index contributed by atoms with van der Waals surface area (Å²) in [5.74, 6) is 0.337. The molecule has 1 heterocycles. The molecule has 0 aliphatic heterocycles. The number of ether oxygens (including phenoxy) is 2. The number of alkyl halides is 3. The van der Waals surface area contributed by atoms with E-state index in [1.807, 2.05) is 13.0 Å². The van der Waals surface area contributed by atoms with E-state index in [4.69, 9.17) is 9.47 Å². The Morgan fingerprint density at radius 3 is 2.29 bits per heavy atom. The topological polar surface area (TPSA) is 44.2 Å². The molecular formula is C21H19F3N2O2. The van der Waals surface area contributed by atoms with Crippen molar-refractivity contribution in [3.05, 3.63) is 71.9 Å². The van der Waals surface area contributed by atoms with E-state index in [0.717, 1.165) is 18.2 Å². The molecule has 28 heavy (non-hydrogen) atoms. The highest BCUT2D eigenvalue weighted by Crippen LogP contribution is 2.36. The van der Waals surface area contributed by atoms with Crippen LogP contribution in [0.2, 0.25) is 0 Å². The van der Waals surface area contributed by atoms with Crippen molar-refractivity contribution in [3.8, 4) is 23.0 Å². The molecule has 0 saturated carbocycles. The van der Waals surface area contributed by atoms with Crippen molar-refractivity contribution in [1.29, 1.82) is 0 Å². The van der Waals surface area contributed by atoms with Crippen LogP contribution in [0.4, 0.5) is 13.2 Å². The molecule has 0 aliphatic carbocycles. The van der Waals surface area contributed by atoms with Crippen molar-refractivity contribution < 1.29 is 22.6 Å². The zero-order chi connectivity index (χ0) is 20.0. The van der Waals surface area contributed by atoms with Gasteiger partial charge >= 0.3 is 6.18 Å². The summed E-state index contributed by atoms with van der Waals surface area (Å²) in [6.45, 7) is 2.57. The van der Waals surface area contributed by atoms with Gasteiger partial charge in [-0.3, -0.25) is 0 Å². The summed E-state index contributed by atoms with van der Waals surface area (Å²) in [5, 5.41) is 0. The highest BCUT2D eigenvalue weighted by atomic mass is 19.4. The van der Waals surface area contributed by atoms with Crippen LogP contribution in [0.3, 0.4) is 0 Å². The molecule has 0 aliphatic rings. The van der Waals surface area contributed by atoms with Crippen molar-refractivity contribution in [2.24, 2.45) is 0 Å². The van der Waals surface area contributed by atoms with E-state index >= 15 is 0 Å². The Morgan fingerprint density at radius 2 is 1.64 bits per heavy atom. The van der Waals surface area contributed by atoms with Gasteiger partial charge in [0.05, 0.1) is 6.61 Å². The van der Waals surface area contributed by atoms with Crippen molar-refractivity contribution in [2.45, 2.75) is 26.1 Å². The Hall–Kier alpha value is -3.09. The molecule has 0 fully saturated rings. The number of hydrogen-bond donors (Lipinski definition) is 0. The van der Waals surface area contributed by atoms with Crippen LogP contribution in [-0.2, 0) is 12.8 Å². The summed E-state index contributed by atoms with van der Waals surface area (Å²) in [4.78, 5) is 7.89. The maximum atomic E-state index is 13.3. The number of rotatable bonds is 7. The summed E-state index contributed by atoms with van der Waals surface area (Å²) in [5.41, 5.74) is 0.311. The van der Waals surface area contributed by atoms with Gasteiger partial charge in [0.15, 0.2) is 5.82 Å². The van der Waals surface area contributed by atoms with Crippen molar-refractivity contribution >= 4 is 0 Å². The molecule has 0 saturated heterocycles. The Morgan fingerprint density at radius 1 is 0.929 bits per heavy atom. The van der Waals surface area contributed by atoms with E-state index in [1.165, 1.54) is 0 Å². The van der Waals surface area contributed by atoms with Gasteiger partial charge in [-0.2, -0.15) is 18.2 Å². The van der Waals surface area contributed by atoms with Crippen molar-refractivity contribution in [3.63, 3.8) is 0 Å². The van der Waals surface area contributed by atoms with Crippen LogP contribution in [0.5, 0.6) is 11.6 Å². The maximum Gasteiger partial charge on any atom is 0.423 e. The Kier molecular flexibility index (Phi) is 6.13. The van der Waals surface area contributed by atoms with Crippen LogP contribution in [0.15, 0.2) is 60.8 Å². The molecule has 0 N–H and O–H groups in total. The lowest BCUT2D eigenvalue weighted by atomic mass is 10.2. The Balaban J connectivity index is 1.86. The fourth-order valence-corrected chi connectivity index (χ4v) is 2.46. The predicted molar refractivity (Wildman–Crippen MR) is 99.0 cm³/mol. The van der Waals surface area contributed by atoms with Gasteiger partial charge in [0.1, 0.15) is 17.9 Å². The number of benzene rings is 2. The summed E-state index contributed by atoms with van der Waals surface area (Å²) in [6.07, 6.45) is -2.97. The van der Waals surface area contributed by atoms with E-state index in [0.29, 0.717) is 17.9 Å². The smallest absolute Gasteiger partial charge is 0.423 e. The van der Waals surface area contributed by atoms with E-state index in [2.05, 4.69) is 9.97 Å². The van der Waals surface area contributed by atoms with E-state index in [9.17, 15) is 13.2 Å². The molecule has 2 aromatic carbocycles. The third kappa shape index (κ3) is 5.00. The second kappa shape index (κ2) is 8.73. The largest absolute Gasteiger partial charge is 0.494 e. The van der Waals surface area contributed by atoms with Gasteiger partial charge in [-0.1, -0.05) is 37.3 Å². The summed E-state index contributed by atoms with van der Waals surface area (Å²) in [6, 6.07) is 15.8. The van der Waals surface area contributed by atoms with Crippen molar-refractivity contribution in [2.75, 3.05) is 6.61 Å². The van der Waals surface area contributed by atoms with Crippen LogP contribution < -0.4 is 9.47 Å². The van der Waals surface area contributed by atoms with Crippen LogP contribution in [0, 0.1) is 0 Å². The molecule has 3 aromatic rings. The molecule has 0 atom stereocenters. The average molecular weight is 388 g/mol. The first kappa shape index (κ1) is 19.7. The first-order chi connectivity index (χ1) is 13.5. The van der Waals surface area contributed by atoms with E-state index in [1.54, 1.807) is 48.5 Å². The van der Waals surface area contributed by atoms with Gasteiger partial charge < -0.3 is 9.47 Å². The third-order valence-corrected chi connectivity index (χ3v) is 3.86. The third-order valence-electron chi connectivity index (χ3n) is 3.86. The molecule has 0 amide bonds.